The number of fused-ring (bicyclic) bond motifs is 1. The van der Waals surface area contributed by atoms with Crippen LogP contribution < -0.4 is 10.3 Å². The lowest BCUT2D eigenvalue weighted by molar-refractivity contribution is 0.0473. The summed E-state index contributed by atoms with van der Waals surface area (Å²) >= 11 is 0. The van der Waals surface area contributed by atoms with Crippen LogP contribution >= 0.6 is 0 Å². The number of nitrogens with one attached hydrogen (secondary N) is 1. The molecule has 1 aromatic heterocycles. The third-order valence-electron chi connectivity index (χ3n) is 4.62. The van der Waals surface area contributed by atoms with Crippen LogP contribution in [0, 0.1) is 13.8 Å². The van der Waals surface area contributed by atoms with E-state index < -0.39 is 21.6 Å². The van der Waals surface area contributed by atoms with Crippen LogP contribution in [0.5, 0.6) is 0 Å². The van der Waals surface area contributed by atoms with Crippen LogP contribution in [-0.2, 0) is 21.4 Å². The van der Waals surface area contributed by atoms with Gasteiger partial charge in [0.1, 0.15) is 12.2 Å². The molecule has 0 aliphatic heterocycles. The number of carbonyl (C=O) groups excluding carboxylic acids is 1. The number of sulfonamides is 1. The molecule has 156 valence electrons. The lowest BCUT2D eigenvalue weighted by Crippen LogP contribution is -2.23. The van der Waals surface area contributed by atoms with E-state index in [1.807, 2.05) is 19.9 Å². The second kappa shape index (κ2) is 8.64. The third-order valence-corrected chi connectivity index (χ3v) is 6.06. The van der Waals surface area contributed by atoms with E-state index in [-0.39, 0.29) is 23.6 Å². The Bertz CT molecular complexity index is 1270. The first-order valence-electron chi connectivity index (χ1n) is 9.13. The molecule has 0 amide bonds. The first kappa shape index (κ1) is 21.5. The lowest BCUT2D eigenvalue weighted by Gasteiger charge is -2.10. The van der Waals surface area contributed by atoms with Crippen LogP contribution in [0.4, 0.5) is 0 Å². The van der Waals surface area contributed by atoms with Crippen molar-refractivity contribution in [2.45, 2.75) is 25.3 Å². The van der Waals surface area contributed by atoms with Crippen LogP contribution in [0.2, 0.25) is 0 Å². The predicted octanol–water partition coefficient (Wildman–Crippen LogP) is 3.23. The normalized spacial score (nSPS) is 11.4. The highest BCUT2D eigenvalue weighted by Crippen LogP contribution is 2.22. The zero-order valence-corrected chi connectivity index (χ0v) is 17.4. The minimum Gasteiger partial charge on any atom is -0.457 e. The zero-order chi connectivity index (χ0) is 21.9. The predicted molar refractivity (Wildman–Crippen MR) is 113 cm³/mol. The van der Waals surface area contributed by atoms with Crippen molar-refractivity contribution in [2.24, 2.45) is 0 Å². The molecule has 0 fully saturated rings. The highest BCUT2D eigenvalue weighted by Gasteiger charge is 2.15. The van der Waals surface area contributed by atoms with E-state index in [1.54, 1.807) is 6.07 Å². The lowest BCUT2D eigenvalue weighted by atomic mass is 10.0. The van der Waals surface area contributed by atoms with Gasteiger partial charge >= 0.3 is 11.6 Å². The molecule has 2 aromatic carbocycles. The zero-order valence-electron chi connectivity index (χ0n) is 16.6. The summed E-state index contributed by atoms with van der Waals surface area (Å²) in [5, 5.41) is 0.695. The van der Waals surface area contributed by atoms with Gasteiger partial charge in [0.05, 0.1) is 10.5 Å². The average Bonchev–Trinajstić information content (AvgIpc) is 2.71. The Balaban J connectivity index is 1.78. The minimum absolute atomic E-state index is 0.0263. The Labute approximate surface area is 174 Å². The summed E-state index contributed by atoms with van der Waals surface area (Å²) in [7, 11) is -3.68. The van der Waals surface area contributed by atoms with E-state index in [4.69, 9.17) is 9.15 Å². The van der Waals surface area contributed by atoms with E-state index >= 15 is 0 Å². The molecule has 0 aliphatic rings. The Kier molecular flexibility index (Phi) is 6.19. The minimum atomic E-state index is -3.68. The van der Waals surface area contributed by atoms with Gasteiger partial charge in [-0.25, -0.2) is 22.7 Å². The summed E-state index contributed by atoms with van der Waals surface area (Å²) in [6, 6.07) is 10.3. The van der Waals surface area contributed by atoms with Crippen LogP contribution in [0.3, 0.4) is 0 Å². The molecule has 1 N–H and O–H groups in total. The number of esters is 1. The molecule has 0 radical (unpaired) electrons. The van der Waals surface area contributed by atoms with Gasteiger partial charge < -0.3 is 9.15 Å². The quantitative estimate of drug-likeness (QED) is 0.353. The van der Waals surface area contributed by atoms with Crippen LogP contribution in [-0.4, -0.2) is 20.9 Å². The van der Waals surface area contributed by atoms with Crippen molar-refractivity contribution >= 4 is 27.0 Å². The van der Waals surface area contributed by atoms with Crippen molar-refractivity contribution in [1.29, 1.82) is 0 Å². The fraction of sp³-hybridized carbons (Fsp3) is 0.182. The fourth-order valence-electron chi connectivity index (χ4n) is 2.85. The van der Waals surface area contributed by atoms with E-state index in [1.165, 1.54) is 36.4 Å². The molecule has 30 heavy (non-hydrogen) atoms. The molecule has 1 heterocycles. The average molecular weight is 427 g/mol. The van der Waals surface area contributed by atoms with Crippen molar-refractivity contribution < 1.29 is 22.4 Å². The van der Waals surface area contributed by atoms with E-state index in [0.717, 1.165) is 11.1 Å². The number of carbonyl (C=O) groups is 1. The topological polar surface area (TPSA) is 103 Å². The maximum Gasteiger partial charge on any atom is 0.338 e. The Hall–Kier alpha value is -3.23. The van der Waals surface area contributed by atoms with Crippen molar-refractivity contribution in [3.8, 4) is 0 Å². The Morgan fingerprint density at radius 3 is 2.47 bits per heavy atom. The number of benzene rings is 2. The second-order valence-electron chi connectivity index (χ2n) is 6.76. The molecular formula is C22H21NO6S. The number of hydrogen-bond donors (Lipinski definition) is 1. The molecular weight excluding hydrogens is 406 g/mol. The standard InChI is InChI=1S/C22H21NO6S/c1-4-9-23-30(26,27)18-7-5-16(6-8-18)22(25)28-13-17-12-21(24)29-20-11-15(3)14(2)10-19(17)20/h4-8,10-12,23H,1,9,13H2,2-3H3. The van der Waals surface area contributed by atoms with E-state index in [2.05, 4.69) is 11.3 Å². The number of rotatable bonds is 7. The number of hydrogen-bond acceptors (Lipinski definition) is 6. The SMILES string of the molecule is C=CCNS(=O)(=O)c1ccc(C(=O)OCc2cc(=O)oc3cc(C)c(C)cc23)cc1. The second-order valence-corrected chi connectivity index (χ2v) is 8.53. The molecule has 0 atom stereocenters. The van der Waals surface area contributed by atoms with Gasteiger partial charge in [-0.3, -0.25) is 0 Å². The summed E-state index contributed by atoms with van der Waals surface area (Å²) in [6.45, 7) is 7.30. The number of aryl methyl sites for hydroxylation is 2. The van der Waals surface area contributed by atoms with Crippen molar-refractivity contribution in [1.82, 2.24) is 4.72 Å². The van der Waals surface area contributed by atoms with Gasteiger partial charge in [-0.05, 0) is 61.4 Å². The summed E-state index contributed by atoms with van der Waals surface area (Å²) < 4.78 is 37.1. The van der Waals surface area contributed by atoms with Crippen LogP contribution in [0.25, 0.3) is 11.0 Å². The molecule has 0 saturated heterocycles. The summed E-state index contributed by atoms with van der Waals surface area (Å²) in [4.78, 5) is 24.3. The van der Waals surface area contributed by atoms with E-state index in [9.17, 15) is 18.0 Å². The monoisotopic (exact) mass is 427 g/mol. The van der Waals surface area contributed by atoms with E-state index in [0.29, 0.717) is 16.5 Å². The smallest absolute Gasteiger partial charge is 0.338 e. The molecule has 8 heteroatoms. The van der Waals surface area contributed by atoms with Crippen LogP contribution in [0.15, 0.2) is 69.2 Å². The van der Waals surface area contributed by atoms with Gasteiger partial charge in [0, 0.05) is 23.6 Å². The fourth-order valence-corrected chi connectivity index (χ4v) is 3.85. The summed E-state index contributed by atoms with van der Waals surface area (Å²) in [5.41, 5.74) is 2.63. The van der Waals surface area contributed by atoms with Gasteiger partial charge in [0.2, 0.25) is 10.0 Å². The molecule has 7 nitrogen and oxygen atoms in total. The highest BCUT2D eigenvalue weighted by molar-refractivity contribution is 7.89. The van der Waals surface area contributed by atoms with Crippen molar-refractivity contribution in [3.63, 3.8) is 0 Å². The molecule has 0 saturated carbocycles. The van der Waals surface area contributed by atoms with Crippen molar-refractivity contribution in [2.75, 3.05) is 6.54 Å². The highest BCUT2D eigenvalue weighted by atomic mass is 32.2. The molecule has 0 bridgehead atoms. The first-order valence-corrected chi connectivity index (χ1v) is 10.6. The van der Waals surface area contributed by atoms with Gasteiger partial charge in [-0.15, -0.1) is 6.58 Å². The Morgan fingerprint density at radius 1 is 1.13 bits per heavy atom. The maximum absolute atomic E-state index is 12.4. The van der Waals surface area contributed by atoms with Gasteiger partial charge in [-0.2, -0.15) is 0 Å². The molecule has 3 rings (SSSR count). The number of ether oxygens (including phenoxy) is 1. The largest absolute Gasteiger partial charge is 0.457 e. The molecule has 3 aromatic rings. The summed E-state index contributed by atoms with van der Waals surface area (Å²) in [5.74, 6) is -0.636. The van der Waals surface area contributed by atoms with Crippen LogP contribution in [0.1, 0.15) is 27.0 Å². The Morgan fingerprint density at radius 2 is 1.80 bits per heavy atom. The van der Waals surface area contributed by atoms with Crippen molar-refractivity contribution in [3.05, 3.63) is 87.8 Å². The van der Waals surface area contributed by atoms with Gasteiger partial charge in [0.15, 0.2) is 0 Å². The molecule has 0 unspecified atom stereocenters. The first-order chi connectivity index (χ1) is 14.2. The van der Waals surface area contributed by atoms with Gasteiger partial charge in [0.25, 0.3) is 0 Å². The molecule has 0 aliphatic carbocycles. The summed E-state index contributed by atoms with van der Waals surface area (Å²) in [6.07, 6.45) is 1.43. The van der Waals surface area contributed by atoms with Gasteiger partial charge in [-0.1, -0.05) is 6.08 Å². The third kappa shape index (κ3) is 4.67. The maximum atomic E-state index is 12.4. The molecule has 0 spiro atoms.